The van der Waals surface area contributed by atoms with Gasteiger partial charge < -0.3 is 5.32 Å². The van der Waals surface area contributed by atoms with Crippen molar-refractivity contribution in [1.29, 1.82) is 5.26 Å². The Bertz CT molecular complexity index is 203. The van der Waals surface area contributed by atoms with E-state index in [1.165, 1.54) is 32.2 Å². The number of nitrogens with one attached hydrogen (secondary N) is 1. The third-order valence-electron chi connectivity index (χ3n) is 3.25. The zero-order chi connectivity index (χ0) is 9.10. The molecule has 2 atom stereocenters. The van der Waals surface area contributed by atoms with Gasteiger partial charge in [-0.3, -0.25) is 4.90 Å². The molecule has 0 amide bonds. The number of hydrogen-bond acceptors (Lipinski definition) is 3. The Morgan fingerprint density at radius 1 is 1.38 bits per heavy atom. The summed E-state index contributed by atoms with van der Waals surface area (Å²) in [6, 6.07) is 3.56. The number of likely N-dealkylation sites (tertiary alicyclic amines) is 1. The van der Waals surface area contributed by atoms with Gasteiger partial charge in [-0.2, -0.15) is 5.26 Å². The van der Waals surface area contributed by atoms with E-state index >= 15 is 0 Å². The average molecular weight is 179 g/mol. The second-order valence-corrected chi connectivity index (χ2v) is 4.04. The van der Waals surface area contributed by atoms with Crippen molar-refractivity contribution in [3.05, 3.63) is 0 Å². The van der Waals surface area contributed by atoms with E-state index in [9.17, 15) is 0 Å². The van der Waals surface area contributed by atoms with E-state index in [2.05, 4.69) is 16.3 Å². The van der Waals surface area contributed by atoms with Gasteiger partial charge in [0, 0.05) is 12.1 Å². The zero-order valence-electron chi connectivity index (χ0n) is 8.00. The van der Waals surface area contributed by atoms with E-state index in [4.69, 9.17) is 5.26 Å². The first-order chi connectivity index (χ1) is 6.42. The van der Waals surface area contributed by atoms with Crippen molar-refractivity contribution < 1.29 is 0 Å². The molecule has 3 heteroatoms. The molecular weight excluding hydrogens is 162 g/mol. The van der Waals surface area contributed by atoms with Crippen LogP contribution in [0.5, 0.6) is 0 Å². The minimum absolute atomic E-state index is 0.614. The number of rotatable bonds is 2. The van der Waals surface area contributed by atoms with Crippen LogP contribution in [-0.2, 0) is 0 Å². The predicted octanol–water partition coefficient (Wildman–Crippen LogP) is 0.726. The molecule has 2 aliphatic heterocycles. The fourth-order valence-electron chi connectivity index (χ4n) is 2.63. The van der Waals surface area contributed by atoms with E-state index < -0.39 is 0 Å². The highest BCUT2D eigenvalue weighted by molar-refractivity contribution is 4.94. The van der Waals surface area contributed by atoms with Crippen LogP contribution in [0, 0.1) is 11.3 Å². The number of nitriles is 1. The van der Waals surface area contributed by atoms with Gasteiger partial charge in [0.05, 0.1) is 12.6 Å². The van der Waals surface area contributed by atoms with Crippen LogP contribution in [-0.4, -0.2) is 36.6 Å². The maximum atomic E-state index is 8.68. The minimum atomic E-state index is 0.614. The molecule has 2 aliphatic rings. The van der Waals surface area contributed by atoms with E-state index in [-0.39, 0.29) is 0 Å². The lowest BCUT2D eigenvalue weighted by Crippen LogP contribution is -2.43. The van der Waals surface area contributed by atoms with Gasteiger partial charge in [0.25, 0.3) is 0 Å². The van der Waals surface area contributed by atoms with Crippen molar-refractivity contribution in [1.82, 2.24) is 10.2 Å². The van der Waals surface area contributed by atoms with Gasteiger partial charge in [-0.25, -0.2) is 0 Å². The van der Waals surface area contributed by atoms with Crippen molar-refractivity contribution in [2.45, 2.75) is 37.8 Å². The Balaban J connectivity index is 1.93. The van der Waals surface area contributed by atoms with Crippen molar-refractivity contribution in [3.8, 4) is 6.07 Å². The van der Waals surface area contributed by atoms with E-state index in [1.807, 2.05) is 0 Å². The molecule has 13 heavy (non-hydrogen) atoms. The second kappa shape index (κ2) is 4.08. The minimum Gasteiger partial charge on any atom is -0.312 e. The Morgan fingerprint density at radius 2 is 2.31 bits per heavy atom. The SMILES string of the molecule is N#CCN1CCCC1C1CCCN1. The Labute approximate surface area is 79.7 Å². The van der Waals surface area contributed by atoms with Crippen molar-refractivity contribution in [2.24, 2.45) is 0 Å². The molecule has 72 valence electrons. The van der Waals surface area contributed by atoms with Crippen LogP contribution in [0.2, 0.25) is 0 Å². The number of nitrogens with zero attached hydrogens (tertiary/aromatic N) is 2. The normalized spacial score (nSPS) is 35.0. The van der Waals surface area contributed by atoms with Crippen LogP contribution in [0.3, 0.4) is 0 Å². The maximum Gasteiger partial charge on any atom is 0.0868 e. The molecule has 0 radical (unpaired) electrons. The van der Waals surface area contributed by atoms with Gasteiger partial charge in [0.15, 0.2) is 0 Å². The van der Waals surface area contributed by atoms with E-state index in [1.54, 1.807) is 0 Å². The summed E-state index contributed by atoms with van der Waals surface area (Å²) in [7, 11) is 0. The Hall–Kier alpha value is -0.590. The topological polar surface area (TPSA) is 39.1 Å². The third kappa shape index (κ3) is 1.84. The first kappa shape index (κ1) is 8.98. The molecule has 0 spiro atoms. The first-order valence-corrected chi connectivity index (χ1v) is 5.26. The molecule has 2 fully saturated rings. The van der Waals surface area contributed by atoms with Gasteiger partial charge in [-0.15, -0.1) is 0 Å². The summed E-state index contributed by atoms with van der Waals surface area (Å²) >= 11 is 0. The molecule has 1 N–H and O–H groups in total. The largest absolute Gasteiger partial charge is 0.312 e. The molecule has 0 bridgehead atoms. The van der Waals surface area contributed by atoms with Crippen LogP contribution >= 0.6 is 0 Å². The van der Waals surface area contributed by atoms with Gasteiger partial charge in [0.2, 0.25) is 0 Å². The van der Waals surface area contributed by atoms with Crippen LogP contribution < -0.4 is 5.32 Å². The highest BCUT2D eigenvalue weighted by Gasteiger charge is 2.32. The fraction of sp³-hybridized carbons (Fsp3) is 0.900. The molecule has 2 saturated heterocycles. The summed E-state index contributed by atoms with van der Waals surface area (Å²) in [4.78, 5) is 2.34. The van der Waals surface area contributed by atoms with Crippen molar-refractivity contribution in [3.63, 3.8) is 0 Å². The fourth-order valence-corrected chi connectivity index (χ4v) is 2.63. The maximum absolute atomic E-state index is 8.68. The molecule has 0 aromatic rings. The molecule has 0 saturated carbocycles. The summed E-state index contributed by atoms with van der Waals surface area (Å²) in [6.45, 7) is 2.90. The predicted molar refractivity (Wildman–Crippen MR) is 51.2 cm³/mol. The zero-order valence-corrected chi connectivity index (χ0v) is 8.00. The lowest BCUT2D eigenvalue weighted by atomic mass is 10.0. The average Bonchev–Trinajstić information content (AvgIpc) is 2.71. The quantitative estimate of drug-likeness (QED) is 0.635. The third-order valence-corrected chi connectivity index (χ3v) is 3.25. The molecule has 0 aromatic heterocycles. The summed E-state index contributed by atoms with van der Waals surface area (Å²) < 4.78 is 0. The molecule has 2 rings (SSSR count). The van der Waals surface area contributed by atoms with Crippen molar-refractivity contribution >= 4 is 0 Å². The van der Waals surface area contributed by atoms with Crippen LogP contribution in [0.1, 0.15) is 25.7 Å². The summed E-state index contributed by atoms with van der Waals surface area (Å²) in [6.07, 6.45) is 5.15. The Morgan fingerprint density at radius 3 is 3.00 bits per heavy atom. The summed E-state index contributed by atoms with van der Waals surface area (Å²) in [5.41, 5.74) is 0. The molecule has 0 aromatic carbocycles. The van der Waals surface area contributed by atoms with Crippen LogP contribution in [0.15, 0.2) is 0 Å². The van der Waals surface area contributed by atoms with E-state index in [0.717, 1.165) is 6.54 Å². The van der Waals surface area contributed by atoms with Gasteiger partial charge >= 0.3 is 0 Å². The van der Waals surface area contributed by atoms with Gasteiger partial charge in [0.1, 0.15) is 0 Å². The van der Waals surface area contributed by atoms with Gasteiger partial charge in [-0.05, 0) is 38.8 Å². The molecule has 3 nitrogen and oxygen atoms in total. The van der Waals surface area contributed by atoms with Gasteiger partial charge in [-0.1, -0.05) is 0 Å². The molecular formula is C10H17N3. The van der Waals surface area contributed by atoms with Crippen LogP contribution in [0.25, 0.3) is 0 Å². The Kier molecular flexibility index (Phi) is 2.82. The summed E-state index contributed by atoms with van der Waals surface area (Å²) in [5, 5.41) is 12.2. The highest BCUT2D eigenvalue weighted by atomic mass is 15.2. The molecule has 2 unspecified atom stereocenters. The lowest BCUT2D eigenvalue weighted by Gasteiger charge is -2.27. The second-order valence-electron chi connectivity index (χ2n) is 4.04. The lowest BCUT2D eigenvalue weighted by molar-refractivity contribution is 0.237. The first-order valence-electron chi connectivity index (χ1n) is 5.26. The highest BCUT2D eigenvalue weighted by Crippen LogP contribution is 2.23. The molecule has 2 heterocycles. The number of hydrogen-bond donors (Lipinski definition) is 1. The van der Waals surface area contributed by atoms with E-state index in [0.29, 0.717) is 18.6 Å². The standard InChI is InChI=1S/C10H17N3/c11-5-8-13-7-2-4-10(13)9-3-1-6-12-9/h9-10,12H,1-4,6-8H2. The van der Waals surface area contributed by atoms with Crippen molar-refractivity contribution in [2.75, 3.05) is 19.6 Å². The monoisotopic (exact) mass is 179 g/mol. The summed E-state index contributed by atoms with van der Waals surface area (Å²) in [5.74, 6) is 0. The molecule has 0 aliphatic carbocycles. The van der Waals surface area contributed by atoms with Crippen LogP contribution in [0.4, 0.5) is 0 Å². The smallest absolute Gasteiger partial charge is 0.0868 e.